The van der Waals surface area contributed by atoms with Gasteiger partial charge in [0.05, 0.1) is 5.75 Å². The number of nitrogens with one attached hydrogen (secondary N) is 1. The third kappa shape index (κ3) is 9.02. The van der Waals surface area contributed by atoms with E-state index in [9.17, 15) is 9.59 Å². The minimum atomic E-state index is -0.601. The van der Waals surface area contributed by atoms with Gasteiger partial charge in [-0.2, -0.15) is 0 Å². The average Bonchev–Trinajstić information content (AvgIpc) is 2.87. The summed E-state index contributed by atoms with van der Waals surface area (Å²) in [4.78, 5) is 28.6. The molecular weight excluding hydrogens is 544 g/mol. The zero-order valence-corrected chi connectivity index (χ0v) is 22.9. The Morgan fingerprint density at radius 1 is 0.943 bits per heavy atom. The maximum Gasteiger partial charge on any atom is 0.243 e. The Bertz CT molecular complexity index is 1080. The molecule has 0 bridgehead atoms. The monoisotopic (exact) mass is 572 g/mol. The zero-order chi connectivity index (χ0) is 25.0. The first-order valence-corrected chi connectivity index (χ1v) is 14.0. The number of hydrogen-bond donors (Lipinski definition) is 1. The Labute approximate surface area is 225 Å². The van der Waals surface area contributed by atoms with E-state index in [4.69, 9.17) is 11.6 Å². The van der Waals surface area contributed by atoms with Crippen LogP contribution in [-0.4, -0.2) is 35.1 Å². The van der Waals surface area contributed by atoms with E-state index in [1.165, 1.54) is 0 Å². The number of halogens is 2. The molecule has 0 radical (unpaired) electrons. The summed E-state index contributed by atoms with van der Waals surface area (Å²) in [7, 11) is 0. The minimum absolute atomic E-state index is 0.0561. The van der Waals surface area contributed by atoms with Crippen LogP contribution in [-0.2, 0) is 28.3 Å². The van der Waals surface area contributed by atoms with Crippen LogP contribution in [0.15, 0.2) is 83.3 Å². The summed E-state index contributed by atoms with van der Waals surface area (Å²) in [5, 5.41) is 3.70. The van der Waals surface area contributed by atoms with E-state index in [1.54, 1.807) is 16.7 Å². The molecule has 0 aromatic heterocycles. The molecule has 7 heteroatoms. The molecule has 1 unspecified atom stereocenters. The zero-order valence-electron chi connectivity index (χ0n) is 19.8. The smallest absolute Gasteiger partial charge is 0.243 e. The van der Waals surface area contributed by atoms with Gasteiger partial charge in [0, 0.05) is 34.8 Å². The quantitative estimate of drug-likeness (QED) is 0.269. The highest BCUT2D eigenvalue weighted by Gasteiger charge is 2.30. The second-order valence-corrected chi connectivity index (χ2v) is 10.6. The van der Waals surface area contributed by atoms with Crippen LogP contribution in [0.2, 0.25) is 5.02 Å². The number of carbonyl (C=O) groups excluding carboxylic acids is 2. The lowest BCUT2D eigenvalue weighted by atomic mass is 10.0. The van der Waals surface area contributed by atoms with Gasteiger partial charge in [-0.1, -0.05) is 89.1 Å². The van der Waals surface area contributed by atoms with Crippen LogP contribution >= 0.6 is 39.3 Å². The summed E-state index contributed by atoms with van der Waals surface area (Å²) >= 11 is 11.0. The molecule has 184 valence electrons. The van der Waals surface area contributed by atoms with Crippen molar-refractivity contribution < 1.29 is 9.59 Å². The summed E-state index contributed by atoms with van der Waals surface area (Å²) in [6.07, 6.45) is 1.29. The van der Waals surface area contributed by atoms with Crippen LogP contribution in [0.25, 0.3) is 0 Å². The molecule has 35 heavy (non-hydrogen) atoms. The van der Waals surface area contributed by atoms with Gasteiger partial charge in [-0.05, 0) is 47.4 Å². The number of rotatable bonds is 12. The third-order valence-electron chi connectivity index (χ3n) is 5.49. The Morgan fingerprint density at radius 3 is 2.26 bits per heavy atom. The first-order valence-electron chi connectivity index (χ1n) is 11.6. The molecule has 3 aromatic rings. The second kappa shape index (κ2) is 14.3. The summed E-state index contributed by atoms with van der Waals surface area (Å²) in [6, 6.07) is 24.8. The summed E-state index contributed by atoms with van der Waals surface area (Å²) in [5.41, 5.74) is 3.10. The number of thioether (sulfide) groups is 1. The fraction of sp³-hybridized carbons (Fsp3) is 0.286. The summed E-state index contributed by atoms with van der Waals surface area (Å²) in [6.45, 7) is 2.96. The van der Waals surface area contributed by atoms with Crippen molar-refractivity contribution in [1.82, 2.24) is 10.2 Å². The average molecular weight is 574 g/mol. The number of carbonyl (C=O) groups is 2. The molecule has 0 saturated heterocycles. The van der Waals surface area contributed by atoms with Crippen LogP contribution in [0.4, 0.5) is 0 Å². The van der Waals surface area contributed by atoms with Crippen molar-refractivity contribution in [2.75, 3.05) is 12.3 Å². The molecule has 3 aromatic carbocycles. The third-order valence-corrected chi connectivity index (χ3v) is 7.26. The van der Waals surface area contributed by atoms with Crippen LogP contribution in [0.1, 0.15) is 30.0 Å². The molecule has 1 atom stereocenters. The Morgan fingerprint density at radius 2 is 1.60 bits per heavy atom. The van der Waals surface area contributed by atoms with Crippen molar-refractivity contribution >= 4 is 51.1 Å². The molecule has 0 saturated carbocycles. The van der Waals surface area contributed by atoms with Gasteiger partial charge in [0.15, 0.2) is 0 Å². The second-order valence-electron chi connectivity index (χ2n) is 8.26. The molecule has 4 nitrogen and oxygen atoms in total. The lowest BCUT2D eigenvalue weighted by Crippen LogP contribution is -2.51. The van der Waals surface area contributed by atoms with E-state index in [2.05, 4.69) is 21.2 Å². The standard InChI is InChI=1S/C28H30BrClN2O2S/c1-2-16-31-28(34)26(17-21-6-4-3-5-7-21)32(18-22-8-12-24(29)13-9-22)27(33)20-35-19-23-10-14-25(30)15-11-23/h3-15,26H,2,16-20H2,1H3,(H,31,34). The van der Waals surface area contributed by atoms with Crippen LogP contribution < -0.4 is 5.32 Å². The highest BCUT2D eigenvalue weighted by molar-refractivity contribution is 9.10. The number of benzene rings is 3. The fourth-order valence-corrected chi connectivity index (χ4v) is 4.89. The highest BCUT2D eigenvalue weighted by atomic mass is 79.9. The van der Waals surface area contributed by atoms with Gasteiger partial charge in [0.1, 0.15) is 6.04 Å². The number of hydrogen-bond acceptors (Lipinski definition) is 3. The van der Waals surface area contributed by atoms with Gasteiger partial charge < -0.3 is 10.2 Å². The van der Waals surface area contributed by atoms with E-state index in [0.717, 1.165) is 27.6 Å². The SMILES string of the molecule is CCCNC(=O)C(Cc1ccccc1)N(Cc1ccc(Br)cc1)C(=O)CSCc1ccc(Cl)cc1. The fourth-order valence-electron chi connectivity index (χ4n) is 3.63. The lowest BCUT2D eigenvalue weighted by Gasteiger charge is -2.31. The van der Waals surface area contributed by atoms with E-state index >= 15 is 0 Å². The maximum atomic E-state index is 13.6. The van der Waals surface area contributed by atoms with Gasteiger partial charge in [-0.25, -0.2) is 0 Å². The van der Waals surface area contributed by atoms with Gasteiger partial charge in [0.25, 0.3) is 0 Å². The Kier molecular flexibility index (Phi) is 11.2. The van der Waals surface area contributed by atoms with Gasteiger partial charge >= 0.3 is 0 Å². The normalized spacial score (nSPS) is 11.6. The summed E-state index contributed by atoms with van der Waals surface area (Å²) in [5.74, 6) is 0.801. The van der Waals surface area contributed by atoms with Crippen molar-refractivity contribution in [3.8, 4) is 0 Å². The largest absolute Gasteiger partial charge is 0.354 e. The molecular formula is C28H30BrClN2O2S. The molecule has 0 fully saturated rings. The Hall–Kier alpha value is -2.28. The topological polar surface area (TPSA) is 49.4 Å². The first kappa shape index (κ1) is 27.3. The van der Waals surface area contributed by atoms with Crippen molar-refractivity contribution in [2.45, 2.75) is 38.1 Å². The van der Waals surface area contributed by atoms with E-state index in [0.29, 0.717) is 30.3 Å². The van der Waals surface area contributed by atoms with E-state index in [-0.39, 0.29) is 17.6 Å². The highest BCUT2D eigenvalue weighted by Crippen LogP contribution is 2.20. The van der Waals surface area contributed by atoms with Crippen molar-refractivity contribution in [3.05, 3.63) is 105 Å². The van der Waals surface area contributed by atoms with E-state index in [1.807, 2.05) is 85.8 Å². The number of amides is 2. The molecule has 0 aliphatic carbocycles. The number of nitrogens with zero attached hydrogens (tertiary/aromatic N) is 1. The molecule has 2 amide bonds. The van der Waals surface area contributed by atoms with Gasteiger partial charge in [-0.15, -0.1) is 11.8 Å². The molecule has 3 rings (SSSR count). The molecule has 0 heterocycles. The lowest BCUT2D eigenvalue weighted by molar-refractivity contribution is -0.139. The predicted octanol–water partition coefficient (Wildman–Crippen LogP) is 6.50. The molecule has 1 N–H and O–H groups in total. The van der Waals surface area contributed by atoms with Gasteiger partial charge in [-0.3, -0.25) is 9.59 Å². The van der Waals surface area contributed by atoms with Crippen LogP contribution in [0.5, 0.6) is 0 Å². The van der Waals surface area contributed by atoms with Crippen molar-refractivity contribution in [1.29, 1.82) is 0 Å². The minimum Gasteiger partial charge on any atom is -0.354 e. The predicted molar refractivity (Wildman–Crippen MR) is 150 cm³/mol. The Balaban J connectivity index is 1.81. The molecule has 0 aliphatic rings. The maximum absolute atomic E-state index is 13.6. The van der Waals surface area contributed by atoms with E-state index < -0.39 is 6.04 Å². The molecule has 0 aliphatic heterocycles. The van der Waals surface area contributed by atoms with Crippen LogP contribution in [0, 0.1) is 0 Å². The van der Waals surface area contributed by atoms with Gasteiger partial charge in [0.2, 0.25) is 11.8 Å². The van der Waals surface area contributed by atoms with Crippen molar-refractivity contribution in [3.63, 3.8) is 0 Å². The first-order chi connectivity index (χ1) is 17.0. The van der Waals surface area contributed by atoms with Crippen molar-refractivity contribution in [2.24, 2.45) is 0 Å². The van der Waals surface area contributed by atoms with Crippen LogP contribution in [0.3, 0.4) is 0 Å². The molecule has 0 spiro atoms. The summed E-state index contributed by atoms with van der Waals surface area (Å²) < 4.78 is 0.971.